The van der Waals surface area contributed by atoms with Crippen LogP contribution in [-0.2, 0) is 0 Å². The van der Waals surface area contributed by atoms with Crippen molar-refractivity contribution in [3.63, 3.8) is 0 Å². The third-order valence-electron chi connectivity index (χ3n) is 5.12. The maximum absolute atomic E-state index is 12.7. The maximum Gasteiger partial charge on any atom is 0.251 e. The Labute approximate surface area is 167 Å². The van der Waals surface area contributed by atoms with Gasteiger partial charge in [-0.3, -0.25) is 4.79 Å². The first kappa shape index (κ1) is 20.0. The van der Waals surface area contributed by atoms with Gasteiger partial charge < -0.3 is 10.6 Å². The second-order valence-corrected chi connectivity index (χ2v) is 8.79. The van der Waals surface area contributed by atoms with Gasteiger partial charge in [-0.15, -0.1) is 0 Å². The number of benzene rings is 1. The summed E-state index contributed by atoms with van der Waals surface area (Å²) in [7, 11) is 0. The predicted octanol–water partition coefficient (Wildman–Crippen LogP) is 5.28. The van der Waals surface area contributed by atoms with Gasteiger partial charge in [0.1, 0.15) is 0 Å². The molecular weight excluding hydrogens is 352 g/mol. The second kappa shape index (κ2) is 9.43. The Kier molecular flexibility index (Phi) is 6.97. The van der Waals surface area contributed by atoms with Crippen molar-refractivity contribution < 1.29 is 4.79 Å². The van der Waals surface area contributed by atoms with E-state index in [1.165, 1.54) is 21.0 Å². The highest BCUT2D eigenvalue weighted by molar-refractivity contribution is 8.11. The summed E-state index contributed by atoms with van der Waals surface area (Å²) in [5.41, 5.74) is 4.76. The molecule has 3 nitrogen and oxygen atoms in total. The van der Waals surface area contributed by atoms with Gasteiger partial charge in [0.25, 0.3) is 5.91 Å². The highest BCUT2D eigenvalue weighted by Crippen LogP contribution is 2.40. The molecule has 0 aliphatic carbocycles. The maximum atomic E-state index is 12.7. The van der Waals surface area contributed by atoms with E-state index in [4.69, 9.17) is 0 Å². The molecule has 1 fully saturated rings. The summed E-state index contributed by atoms with van der Waals surface area (Å²) in [5, 5.41) is 6.53. The lowest BCUT2D eigenvalue weighted by molar-refractivity contribution is 0.0940. The third kappa shape index (κ3) is 5.60. The van der Waals surface area contributed by atoms with Gasteiger partial charge in [0, 0.05) is 16.5 Å². The van der Waals surface area contributed by atoms with Crippen LogP contribution in [0.15, 0.2) is 52.5 Å². The number of amides is 1. The average molecular weight is 383 g/mol. The van der Waals surface area contributed by atoms with Gasteiger partial charge in [-0.05, 0) is 82.1 Å². The fourth-order valence-electron chi connectivity index (χ4n) is 3.45. The van der Waals surface area contributed by atoms with E-state index in [9.17, 15) is 4.79 Å². The van der Waals surface area contributed by atoms with Gasteiger partial charge in [-0.1, -0.05) is 47.2 Å². The van der Waals surface area contributed by atoms with Crippen molar-refractivity contribution in [2.75, 3.05) is 13.1 Å². The number of carbonyl (C=O) groups excluding carboxylic acids is 1. The van der Waals surface area contributed by atoms with Crippen molar-refractivity contribution in [1.82, 2.24) is 10.6 Å². The molecule has 0 radical (unpaired) electrons. The highest BCUT2D eigenvalue weighted by atomic mass is 32.2. The Bertz CT molecular complexity index is 783. The average Bonchev–Trinajstić information content (AvgIpc) is 2.69. The molecule has 1 amide bonds. The Hall–Kier alpha value is -1.78. The molecule has 1 saturated heterocycles. The molecule has 0 bridgehead atoms. The molecule has 2 aliphatic rings. The largest absolute Gasteiger partial charge is 0.349 e. The first-order valence-corrected chi connectivity index (χ1v) is 10.7. The molecule has 144 valence electrons. The van der Waals surface area contributed by atoms with E-state index in [0.29, 0.717) is 0 Å². The molecule has 27 heavy (non-hydrogen) atoms. The molecule has 1 aromatic carbocycles. The van der Waals surface area contributed by atoms with E-state index in [2.05, 4.69) is 49.6 Å². The fraction of sp³-hybridized carbons (Fsp3) is 0.435. The molecule has 3 rings (SSSR count). The summed E-state index contributed by atoms with van der Waals surface area (Å²) in [6.45, 7) is 8.54. The normalized spacial score (nSPS) is 18.8. The Morgan fingerprint density at radius 3 is 2.85 bits per heavy atom. The van der Waals surface area contributed by atoms with Crippen molar-refractivity contribution in [2.45, 2.75) is 52.5 Å². The fourth-order valence-corrected chi connectivity index (χ4v) is 4.44. The van der Waals surface area contributed by atoms with Gasteiger partial charge in [-0.2, -0.15) is 0 Å². The van der Waals surface area contributed by atoms with Crippen LogP contribution >= 0.6 is 11.8 Å². The first-order chi connectivity index (χ1) is 13.0. The molecule has 0 saturated carbocycles. The zero-order valence-electron chi connectivity index (χ0n) is 16.6. The molecule has 2 heterocycles. The van der Waals surface area contributed by atoms with E-state index in [1.807, 2.05) is 18.2 Å². The van der Waals surface area contributed by atoms with Crippen molar-refractivity contribution in [3.05, 3.63) is 63.6 Å². The molecule has 1 atom stereocenters. The number of hydrogen-bond acceptors (Lipinski definition) is 3. The van der Waals surface area contributed by atoms with Crippen molar-refractivity contribution in [2.24, 2.45) is 0 Å². The Balaban J connectivity index is 1.63. The molecule has 0 unspecified atom stereocenters. The quantitative estimate of drug-likeness (QED) is 0.681. The van der Waals surface area contributed by atoms with E-state index in [1.54, 1.807) is 11.8 Å². The van der Waals surface area contributed by atoms with Crippen molar-refractivity contribution in [3.8, 4) is 0 Å². The van der Waals surface area contributed by atoms with Crippen molar-refractivity contribution in [1.29, 1.82) is 0 Å². The first-order valence-electron chi connectivity index (χ1n) is 9.87. The minimum Gasteiger partial charge on any atom is -0.349 e. The molecule has 4 heteroatoms. The molecule has 0 aromatic heterocycles. The van der Waals surface area contributed by atoms with Crippen LogP contribution in [0.4, 0.5) is 0 Å². The van der Waals surface area contributed by atoms with Gasteiger partial charge in [0.05, 0.1) is 0 Å². The summed E-state index contributed by atoms with van der Waals surface area (Å²) >= 11 is 1.80. The standard InChI is InChI=1S/C23H30N2OS/c1-16-7-9-18(3)27-22(16)20-5-4-6-21(15-20)23(26)25-17(2)8-10-19-11-13-24-14-12-19/h4-6,9-10,15,17,24H,7-8,11-14H2,1-3H3,(H,25,26)/t17-/m0/s1. The van der Waals surface area contributed by atoms with Crippen LogP contribution in [-0.4, -0.2) is 25.0 Å². The lowest BCUT2D eigenvalue weighted by atomic mass is 10.0. The number of nitrogens with one attached hydrogen (secondary N) is 2. The number of thioether (sulfide) groups is 1. The molecule has 0 spiro atoms. The number of allylic oxidation sites excluding steroid dienone is 3. The zero-order chi connectivity index (χ0) is 19.2. The number of carbonyl (C=O) groups is 1. The zero-order valence-corrected chi connectivity index (χ0v) is 17.4. The lowest BCUT2D eigenvalue weighted by Gasteiger charge is -2.18. The molecule has 1 aromatic rings. The van der Waals surface area contributed by atoms with Crippen molar-refractivity contribution >= 4 is 22.6 Å². The Morgan fingerprint density at radius 2 is 2.07 bits per heavy atom. The summed E-state index contributed by atoms with van der Waals surface area (Å²) < 4.78 is 0. The molecule has 2 aliphatic heterocycles. The number of hydrogen-bond donors (Lipinski definition) is 2. The smallest absolute Gasteiger partial charge is 0.251 e. The minimum absolute atomic E-state index is 0.0133. The summed E-state index contributed by atoms with van der Waals surface area (Å²) in [6, 6.07) is 8.16. The number of piperidine rings is 1. The van der Waals surface area contributed by atoms with Gasteiger partial charge in [-0.25, -0.2) is 0 Å². The van der Waals surface area contributed by atoms with Crippen LogP contribution in [0.25, 0.3) is 4.91 Å². The van der Waals surface area contributed by atoms with E-state index >= 15 is 0 Å². The molecular formula is C23H30N2OS. The highest BCUT2D eigenvalue weighted by Gasteiger charge is 2.15. The van der Waals surface area contributed by atoms with Crippen LogP contribution in [0.5, 0.6) is 0 Å². The van der Waals surface area contributed by atoms with E-state index in [0.717, 1.165) is 49.9 Å². The summed E-state index contributed by atoms with van der Waals surface area (Å²) in [4.78, 5) is 15.3. The predicted molar refractivity (Wildman–Crippen MR) is 117 cm³/mol. The lowest BCUT2D eigenvalue weighted by Crippen LogP contribution is -2.32. The molecule has 2 N–H and O–H groups in total. The van der Waals surface area contributed by atoms with Crippen LogP contribution in [0.1, 0.15) is 62.4 Å². The van der Waals surface area contributed by atoms with Crippen LogP contribution in [0.2, 0.25) is 0 Å². The van der Waals surface area contributed by atoms with Crippen LogP contribution < -0.4 is 10.6 Å². The monoisotopic (exact) mass is 382 g/mol. The second-order valence-electron chi connectivity index (χ2n) is 7.53. The summed E-state index contributed by atoms with van der Waals surface area (Å²) in [5.74, 6) is 0.0133. The van der Waals surface area contributed by atoms with Gasteiger partial charge in [0.2, 0.25) is 0 Å². The summed E-state index contributed by atoms with van der Waals surface area (Å²) in [6.07, 6.45) is 8.71. The van der Waals surface area contributed by atoms with E-state index in [-0.39, 0.29) is 11.9 Å². The SMILES string of the molecule is CC1=CCC(C)=C(c2cccc(C(=O)N[C@@H](C)CC=C3CCNCC3)c2)S1. The Morgan fingerprint density at radius 1 is 1.30 bits per heavy atom. The minimum atomic E-state index is 0.0133. The van der Waals surface area contributed by atoms with Crippen LogP contribution in [0.3, 0.4) is 0 Å². The number of rotatable bonds is 5. The van der Waals surface area contributed by atoms with Gasteiger partial charge in [0.15, 0.2) is 0 Å². The van der Waals surface area contributed by atoms with Gasteiger partial charge >= 0.3 is 0 Å². The van der Waals surface area contributed by atoms with E-state index < -0.39 is 0 Å². The topological polar surface area (TPSA) is 41.1 Å². The van der Waals surface area contributed by atoms with Crippen LogP contribution in [0, 0.1) is 0 Å². The third-order valence-corrected chi connectivity index (χ3v) is 6.39.